The zero-order chi connectivity index (χ0) is 28.2. The summed E-state index contributed by atoms with van der Waals surface area (Å²) in [4.78, 5) is 55.8. The minimum absolute atomic E-state index is 0.266. The lowest BCUT2D eigenvalue weighted by Crippen LogP contribution is -2.47. The van der Waals surface area contributed by atoms with Crippen LogP contribution in [0.4, 0.5) is 5.69 Å². The smallest absolute Gasteiger partial charge is 0.303 e. The number of fused-ring (bicyclic) bond motifs is 1. The van der Waals surface area contributed by atoms with Gasteiger partial charge >= 0.3 is 11.9 Å². The lowest BCUT2D eigenvalue weighted by Gasteiger charge is -2.37. The van der Waals surface area contributed by atoms with Gasteiger partial charge < -0.3 is 19.1 Å². The van der Waals surface area contributed by atoms with Crippen LogP contribution in [0.5, 0.6) is 5.75 Å². The molecule has 0 radical (unpaired) electrons. The van der Waals surface area contributed by atoms with Crippen LogP contribution >= 0.6 is 0 Å². The highest BCUT2D eigenvalue weighted by atomic mass is 16.6. The van der Waals surface area contributed by atoms with E-state index in [0.717, 1.165) is 57.0 Å². The monoisotopic (exact) mass is 553 g/mol. The van der Waals surface area contributed by atoms with E-state index in [1.807, 2.05) is 6.07 Å². The van der Waals surface area contributed by atoms with Gasteiger partial charge in [-0.15, -0.1) is 0 Å². The largest absolute Gasteiger partial charge is 0.488 e. The van der Waals surface area contributed by atoms with E-state index in [1.165, 1.54) is 31.6 Å². The average molecular weight is 554 g/mol. The van der Waals surface area contributed by atoms with Gasteiger partial charge in [-0.25, -0.2) is 0 Å². The van der Waals surface area contributed by atoms with Crippen LogP contribution in [0.3, 0.4) is 0 Å². The molecule has 10 heteroatoms. The minimum atomic E-state index is -0.888. The van der Waals surface area contributed by atoms with Crippen LogP contribution in [0.1, 0.15) is 46.0 Å². The number of amides is 2. The molecular weight excluding hydrogens is 514 g/mol. The number of carbonyl (C=O) groups is 4. The molecule has 5 rings (SSSR count). The molecule has 1 saturated carbocycles. The van der Waals surface area contributed by atoms with Gasteiger partial charge in [0.15, 0.2) is 0 Å². The Morgan fingerprint density at radius 1 is 0.825 bits per heavy atom. The summed E-state index contributed by atoms with van der Waals surface area (Å²) < 4.78 is 17.0. The number of esters is 2. The first-order chi connectivity index (χ1) is 19.3. The maximum absolute atomic E-state index is 13.3. The van der Waals surface area contributed by atoms with E-state index in [2.05, 4.69) is 28.0 Å². The second-order valence-electron chi connectivity index (χ2n) is 11.1. The summed E-state index contributed by atoms with van der Waals surface area (Å²) in [6.45, 7) is 7.03. The SMILES string of the molecule is CC(=O)OC1C=CC(OC(C)=O)C2C(=O)N(CCCN3CCN(c4ccccc4OC4CCCC4)CC3)C(=O)C12. The molecule has 2 heterocycles. The molecule has 216 valence electrons. The first kappa shape index (κ1) is 28.1. The van der Waals surface area contributed by atoms with Gasteiger partial charge in [0.1, 0.15) is 18.0 Å². The van der Waals surface area contributed by atoms with E-state index in [1.54, 1.807) is 12.2 Å². The molecule has 2 amide bonds. The fourth-order valence-electron chi connectivity index (χ4n) is 6.42. The minimum Gasteiger partial charge on any atom is -0.488 e. The summed E-state index contributed by atoms with van der Waals surface area (Å²) in [7, 11) is 0. The highest BCUT2D eigenvalue weighted by molar-refractivity contribution is 6.06. The average Bonchev–Trinajstić information content (AvgIpc) is 3.53. The van der Waals surface area contributed by atoms with Crippen molar-refractivity contribution in [3.8, 4) is 5.75 Å². The Morgan fingerprint density at radius 2 is 1.40 bits per heavy atom. The number of piperazine rings is 1. The van der Waals surface area contributed by atoms with Gasteiger partial charge in [-0.05, 0) is 62.9 Å². The number of nitrogens with zero attached hydrogens (tertiary/aromatic N) is 3. The molecule has 2 aliphatic carbocycles. The fourth-order valence-corrected chi connectivity index (χ4v) is 6.42. The van der Waals surface area contributed by atoms with Crippen molar-refractivity contribution in [2.45, 2.75) is 64.3 Å². The standard InChI is InChI=1S/C30H39N3O7/c1-20(34)38-25-12-13-26(39-21(2)35)28-27(25)29(36)33(30(28)37)15-7-14-31-16-18-32(19-17-31)23-10-5-6-11-24(23)40-22-8-3-4-9-22/h5-6,10-13,22,25-28H,3-4,7-9,14-19H2,1-2H3. The highest BCUT2D eigenvalue weighted by Crippen LogP contribution is 2.38. The Labute approximate surface area is 235 Å². The number of benzene rings is 1. The molecule has 1 aromatic carbocycles. The molecule has 3 fully saturated rings. The van der Waals surface area contributed by atoms with Crippen molar-refractivity contribution < 1.29 is 33.4 Å². The molecule has 0 spiro atoms. The number of imide groups is 1. The van der Waals surface area contributed by atoms with E-state index in [-0.39, 0.29) is 18.4 Å². The Morgan fingerprint density at radius 3 is 1.98 bits per heavy atom. The van der Waals surface area contributed by atoms with Crippen molar-refractivity contribution in [3.05, 3.63) is 36.4 Å². The number of anilines is 1. The maximum Gasteiger partial charge on any atom is 0.303 e. The molecule has 2 saturated heterocycles. The lowest BCUT2D eigenvalue weighted by atomic mass is 9.81. The molecule has 4 atom stereocenters. The van der Waals surface area contributed by atoms with E-state index in [4.69, 9.17) is 14.2 Å². The third kappa shape index (κ3) is 6.16. The summed E-state index contributed by atoms with van der Waals surface area (Å²) in [6.07, 6.45) is 7.02. The molecule has 0 N–H and O–H groups in total. The van der Waals surface area contributed by atoms with Crippen molar-refractivity contribution in [2.24, 2.45) is 11.8 Å². The van der Waals surface area contributed by atoms with Crippen molar-refractivity contribution >= 4 is 29.4 Å². The number of carbonyl (C=O) groups excluding carboxylic acids is 4. The van der Waals surface area contributed by atoms with Crippen LogP contribution in [0.2, 0.25) is 0 Å². The number of para-hydroxylation sites is 2. The van der Waals surface area contributed by atoms with Crippen molar-refractivity contribution in [3.63, 3.8) is 0 Å². The second-order valence-corrected chi connectivity index (χ2v) is 11.1. The molecule has 0 bridgehead atoms. The molecule has 1 aromatic rings. The Balaban J connectivity index is 1.14. The second kappa shape index (κ2) is 12.4. The van der Waals surface area contributed by atoms with Crippen molar-refractivity contribution in [2.75, 3.05) is 44.2 Å². The quantitative estimate of drug-likeness (QED) is 0.259. The van der Waals surface area contributed by atoms with E-state index in [9.17, 15) is 19.2 Å². The zero-order valence-corrected chi connectivity index (χ0v) is 23.3. The van der Waals surface area contributed by atoms with Gasteiger partial charge in [-0.3, -0.25) is 29.0 Å². The van der Waals surface area contributed by atoms with Gasteiger partial charge in [-0.2, -0.15) is 0 Å². The lowest BCUT2D eigenvalue weighted by molar-refractivity contribution is -0.157. The van der Waals surface area contributed by atoms with Crippen LogP contribution in [0.25, 0.3) is 0 Å². The van der Waals surface area contributed by atoms with Crippen molar-refractivity contribution in [1.82, 2.24) is 9.80 Å². The summed E-state index contributed by atoms with van der Waals surface area (Å²) >= 11 is 0. The van der Waals surface area contributed by atoms with Gasteiger partial charge in [0.25, 0.3) is 0 Å². The topological polar surface area (TPSA) is 106 Å². The Bertz CT molecular complexity index is 1100. The predicted octanol–water partition coefficient (Wildman–Crippen LogP) is 2.55. The summed E-state index contributed by atoms with van der Waals surface area (Å²) in [5.74, 6) is -2.65. The summed E-state index contributed by atoms with van der Waals surface area (Å²) in [5.41, 5.74) is 1.14. The molecule has 40 heavy (non-hydrogen) atoms. The van der Waals surface area contributed by atoms with E-state index in [0.29, 0.717) is 12.5 Å². The first-order valence-corrected chi connectivity index (χ1v) is 14.4. The number of likely N-dealkylation sites (tertiary alicyclic amines) is 1. The normalized spacial score (nSPS) is 27.1. The number of ether oxygens (including phenoxy) is 3. The fraction of sp³-hybridized carbons (Fsp3) is 0.600. The Hall–Kier alpha value is -3.40. The molecule has 4 unspecified atom stereocenters. The van der Waals surface area contributed by atoms with Crippen LogP contribution in [-0.4, -0.2) is 91.1 Å². The van der Waals surface area contributed by atoms with Crippen molar-refractivity contribution in [1.29, 1.82) is 0 Å². The molecule has 2 aliphatic heterocycles. The Kier molecular flexibility index (Phi) is 8.73. The maximum atomic E-state index is 13.3. The third-order valence-electron chi connectivity index (χ3n) is 8.32. The van der Waals surface area contributed by atoms with Gasteiger partial charge in [0.2, 0.25) is 11.8 Å². The first-order valence-electron chi connectivity index (χ1n) is 14.4. The van der Waals surface area contributed by atoms with Gasteiger partial charge in [-0.1, -0.05) is 12.1 Å². The van der Waals surface area contributed by atoms with Crippen LogP contribution in [0.15, 0.2) is 36.4 Å². The van der Waals surface area contributed by atoms with Gasteiger partial charge in [0, 0.05) is 46.6 Å². The van der Waals surface area contributed by atoms with E-state index >= 15 is 0 Å². The molecule has 4 aliphatic rings. The summed E-state index contributed by atoms with van der Waals surface area (Å²) in [5, 5.41) is 0. The molecule has 10 nitrogen and oxygen atoms in total. The number of hydrogen-bond acceptors (Lipinski definition) is 9. The summed E-state index contributed by atoms with van der Waals surface area (Å²) in [6, 6.07) is 8.28. The molecule has 0 aromatic heterocycles. The van der Waals surface area contributed by atoms with Gasteiger partial charge in [0.05, 0.1) is 23.6 Å². The number of rotatable bonds is 9. The van der Waals surface area contributed by atoms with Crippen LogP contribution < -0.4 is 9.64 Å². The van der Waals surface area contributed by atoms with Crippen LogP contribution in [0, 0.1) is 11.8 Å². The third-order valence-corrected chi connectivity index (χ3v) is 8.32. The van der Waals surface area contributed by atoms with Crippen LogP contribution in [-0.2, 0) is 28.7 Å². The molecular formula is C30H39N3O7. The van der Waals surface area contributed by atoms with E-state index < -0.39 is 36.0 Å². The predicted molar refractivity (Wildman–Crippen MR) is 147 cm³/mol. The highest BCUT2D eigenvalue weighted by Gasteiger charge is 2.56. The zero-order valence-electron chi connectivity index (χ0n) is 23.3. The number of hydrogen-bond donors (Lipinski definition) is 0.